The van der Waals surface area contributed by atoms with Crippen LogP contribution in [0.1, 0.15) is 0 Å². The van der Waals surface area contributed by atoms with Crippen molar-refractivity contribution in [3.63, 3.8) is 0 Å². The van der Waals surface area contributed by atoms with Gasteiger partial charge >= 0.3 is 0 Å². The van der Waals surface area contributed by atoms with Crippen LogP contribution in [0.15, 0.2) is 83.3 Å². The molecule has 0 atom stereocenters. The molecular weight excluding hydrogens is 316 g/mol. The van der Waals surface area contributed by atoms with Gasteiger partial charge in [0.05, 0.1) is 0 Å². The fraction of sp³-hybridized carbons (Fsp3) is 0. The molecule has 0 radical (unpaired) electrons. The SMILES string of the molecule is Clc1ccc2c(c1)oc1ccc(-c3cccc4ccccc34)cc12. The molecule has 0 aliphatic heterocycles. The average Bonchev–Trinajstić information content (AvgIpc) is 2.97. The van der Waals surface area contributed by atoms with E-state index in [1.165, 1.54) is 21.9 Å². The molecule has 0 saturated heterocycles. The topological polar surface area (TPSA) is 13.1 Å². The third-order valence-electron chi connectivity index (χ3n) is 4.53. The predicted octanol–water partition coefficient (Wildman–Crippen LogP) is 7.06. The summed E-state index contributed by atoms with van der Waals surface area (Å²) >= 11 is 6.08. The maximum absolute atomic E-state index is 6.08. The molecule has 0 fully saturated rings. The van der Waals surface area contributed by atoms with Crippen LogP contribution in [0.3, 0.4) is 0 Å². The Kier molecular flexibility index (Phi) is 2.91. The fourth-order valence-corrected chi connectivity index (χ4v) is 3.56. The Morgan fingerprint density at radius 3 is 2.46 bits per heavy atom. The molecule has 0 bridgehead atoms. The van der Waals surface area contributed by atoms with E-state index >= 15 is 0 Å². The molecule has 0 saturated carbocycles. The van der Waals surface area contributed by atoms with E-state index in [2.05, 4.69) is 54.6 Å². The largest absolute Gasteiger partial charge is 0.456 e. The summed E-state index contributed by atoms with van der Waals surface area (Å²) in [5.41, 5.74) is 4.14. The summed E-state index contributed by atoms with van der Waals surface area (Å²) in [6.45, 7) is 0. The summed E-state index contributed by atoms with van der Waals surface area (Å²) in [6.07, 6.45) is 0. The molecule has 4 aromatic carbocycles. The lowest BCUT2D eigenvalue weighted by Gasteiger charge is -2.07. The minimum Gasteiger partial charge on any atom is -0.456 e. The Balaban J connectivity index is 1.82. The smallest absolute Gasteiger partial charge is 0.136 e. The zero-order chi connectivity index (χ0) is 16.1. The number of fused-ring (bicyclic) bond motifs is 4. The van der Waals surface area contributed by atoms with Crippen molar-refractivity contribution in [3.05, 3.63) is 83.9 Å². The Morgan fingerprint density at radius 2 is 1.50 bits per heavy atom. The molecule has 0 aliphatic rings. The highest BCUT2D eigenvalue weighted by atomic mass is 35.5. The van der Waals surface area contributed by atoms with Crippen molar-refractivity contribution < 1.29 is 4.42 Å². The Bertz CT molecular complexity index is 1210. The normalized spacial score (nSPS) is 11.5. The lowest BCUT2D eigenvalue weighted by molar-refractivity contribution is 0.669. The second-order valence-corrected chi connectivity index (χ2v) is 6.42. The van der Waals surface area contributed by atoms with Crippen molar-refractivity contribution in [1.29, 1.82) is 0 Å². The quantitative estimate of drug-likeness (QED) is 0.321. The number of benzene rings is 4. The van der Waals surface area contributed by atoms with Crippen molar-refractivity contribution in [2.45, 2.75) is 0 Å². The molecule has 24 heavy (non-hydrogen) atoms. The third-order valence-corrected chi connectivity index (χ3v) is 4.77. The van der Waals surface area contributed by atoms with Crippen LogP contribution < -0.4 is 0 Å². The summed E-state index contributed by atoms with van der Waals surface area (Å²) in [5, 5.41) is 5.41. The molecular formula is C22H13ClO. The highest BCUT2D eigenvalue weighted by Crippen LogP contribution is 2.35. The zero-order valence-electron chi connectivity index (χ0n) is 12.8. The molecule has 114 valence electrons. The van der Waals surface area contributed by atoms with Crippen molar-refractivity contribution in [2.75, 3.05) is 0 Å². The minimum atomic E-state index is 0.691. The molecule has 1 aromatic heterocycles. The Labute approximate surface area is 144 Å². The first-order valence-corrected chi connectivity index (χ1v) is 8.27. The van der Waals surface area contributed by atoms with Gasteiger partial charge in [0.15, 0.2) is 0 Å². The summed E-state index contributed by atoms with van der Waals surface area (Å²) in [6, 6.07) is 27.1. The molecule has 0 N–H and O–H groups in total. The molecule has 5 rings (SSSR count). The van der Waals surface area contributed by atoms with E-state index < -0.39 is 0 Å². The van der Waals surface area contributed by atoms with Crippen molar-refractivity contribution in [2.24, 2.45) is 0 Å². The van der Waals surface area contributed by atoms with E-state index in [0.717, 1.165) is 21.9 Å². The highest BCUT2D eigenvalue weighted by Gasteiger charge is 2.10. The van der Waals surface area contributed by atoms with Gasteiger partial charge in [0.2, 0.25) is 0 Å². The van der Waals surface area contributed by atoms with Crippen LogP contribution in [-0.2, 0) is 0 Å². The van der Waals surface area contributed by atoms with Gasteiger partial charge in [-0.05, 0) is 46.2 Å². The first kappa shape index (κ1) is 13.6. The van der Waals surface area contributed by atoms with E-state index in [4.69, 9.17) is 16.0 Å². The minimum absolute atomic E-state index is 0.691. The lowest BCUT2D eigenvalue weighted by Crippen LogP contribution is -1.81. The van der Waals surface area contributed by atoms with Gasteiger partial charge in [0.1, 0.15) is 11.2 Å². The number of furan rings is 1. The summed E-state index contributed by atoms with van der Waals surface area (Å²) < 4.78 is 5.93. The van der Waals surface area contributed by atoms with Crippen molar-refractivity contribution in [1.82, 2.24) is 0 Å². The van der Waals surface area contributed by atoms with Crippen LogP contribution in [0.5, 0.6) is 0 Å². The summed E-state index contributed by atoms with van der Waals surface area (Å²) in [7, 11) is 0. The van der Waals surface area contributed by atoms with Gasteiger partial charge in [0, 0.05) is 21.9 Å². The molecule has 1 nitrogen and oxygen atoms in total. The van der Waals surface area contributed by atoms with E-state index in [0.29, 0.717) is 5.02 Å². The Morgan fingerprint density at radius 1 is 0.625 bits per heavy atom. The molecule has 0 unspecified atom stereocenters. The average molecular weight is 329 g/mol. The van der Waals surface area contributed by atoms with Gasteiger partial charge in [-0.1, -0.05) is 60.1 Å². The third kappa shape index (κ3) is 2.02. The monoisotopic (exact) mass is 328 g/mol. The number of halogens is 1. The van der Waals surface area contributed by atoms with Crippen LogP contribution in [0.4, 0.5) is 0 Å². The highest BCUT2D eigenvalue weighted by molar-refractivity contribution is 6.31. The van der Waals surface area contributed by atoms with E-state index in [1.54, 1.807) is 0 Å². The Hall–Kier alpha value is -2.77. The maximum atomic E-state index is 6.08. The van der Waals surface area contributed by atoms with E-state index in [9.17, 15) is 0 Å². The fourth-order valence-electron chi connectivity index (χ4n) is 3.40. The van der Waals surface area contributed by atoms with E-state index in [-0.39, 0.29) is 0 Å². The van der Waals surface area contributed by atoms with Crippen LogP contribution in [0.2, 0.25) is 5.02 Å². The van der Waals surface area contributed by atoms with Gasteiger partial charge < -0.3 is 4.42 Å². The van der Waals surface area contributed by atoms with Gasteiger partial charge in [-0.25, -0.2) is 0 Å². The van der Waals surface area contributed by atoms with Crippen molar-refractivity contribution in [3.8, 4) is 11.1 Å². The number of rotatable bonds is 1. The van der Waals surface area contributed by atoms with Crippen LogP contribution in [-0.4, -0.2) is 0 Å². The van der Waals surface area contributed by atoms with Gasteiger partial charge in [-0.3, -0.25) is 0 Å². The summed E-state index contributed by atoms with van der Waals surface area (Å²) in [5.74, 6) is 0. The molecule has 0 amide bonds. The first-order chi connectivity index (χ1) is 11.8. The molecule has 1 heterocycles. The second-order valence-electron chi connectivity index (χ2n) is 5.98. The molecule has 2 heteroatoms. The molecule has 0 aliphatic carbocycles. The van der Waals surface area contributed by atoms with Gasteiger partial charge in [0.25, 0.3) is 0 Å². The maximum Gasteiger partial charge on any atom is 0.136 e. The zero-order valence-corrected chi connectivity index (χ0v) is 13.5. The summed E-state index contributed by atoms with van der Waals surface area (Å²) in [4.78, 5) is 0. The van der Waals surface area contributed by atoms with E-state index in [1.807, 2.05) is 24.3 Å². The van der Waals surface area contributed by atoms with Crippen LogP contribution in [0, 0.1) is 0 Å². The van der Waals surface area contributed by atoms with Crippen LogP contribution in [0.25, 0.3) is 43.8 Å². The van der Waals surface area contributed by atoms with Crippen LogP contribution >= 0.6 is 11.6 Å². The van der Waals surface area contributed by atoms with Gasteiger partial charge in [-0.15, -0.1) is 0 Å². The standard InChI is InChI=1S/C22H13ClO/c23-16-9-10-19-20-12-15(8-11-21(20)24-22(19)13-16)18-7-3-5-14-4-1-2-6-17(14)18/h1-13H. The molecule has 5 aromatic rings. The number of hydrogen-bond donors (Lipinski definition) is 0. The lowest BCUT2D eigenvalue weighted by atomic mass is 9.97. The second kappa shape index (κ2) is 5.12. The van der Waals surface area contributed by atoms with Gasteiger partial charge in [-0.2, -0.15) is 0 Å². The molecule has 0 spiro atoms. The van der Waals surface area contributed by atoms with Crippen molar-refractivity contribution >= 4 is 44.3 Å². The number of hydrogen-bond acceptors (Lipinski definition) is 1. The predicted molar refractivity (Wildman–Crippen MR) is 102 cm³/mol. The first-order valence-electron chi connectivity index (χ1n) is 7.89.